The number of aromatic nitrogens is 1. The summed E-state index contributed by atoms with van der Waals surface area (Å²) in [4.78, 5) is 13.8. The highest BCUT2D eigenvalue weighted by Crippen LogP contribution is 2.13. The van der Waals surface area contributed by atoms with E-state index in [-0.39, 0.29) is 12.1 Å². The molecule has 0 amide bonds. The van der Waals surface area contributed by atoms with Crippen molar-refractivity contribution in [1.82, 2.24) is 4.98 Å². The van der Waals surface area contributed by atoms with E-state index in [0.717, 1.165) is 0 Å². The third-order valence-electron chi connectivity index (χ3n) is 1.67. The first-order valence-corrected chi connectivity index (χ1v) is 4.12. The lowest BCUT2D eigenvalue weighted by atomic mass is 10.2. The number of hydrogen-bond acceptors (Lipinski definition) is 4. The smallest absolute Gasteiger partial charge is 0.258 e. The molecule has 0 radical (unpaired) electrons. The Morgan fingerprint density at radius 2 is 2.40 bits per heavy atom. The summed E-state index contributed by atoms with van der Waals surface area (Å²) >= 11 is 0. The Hall–Kier alpha value is -2.40. The van der Waals surface area contributed by atoms with Gasteiger partial charge in [0.25, 0.3) is 5.69 Å². The molecule has 0 N–H and O–H groups in total. The normalized spacial score (nSPS) is 8.53. The fourth-order valence-electron chi connectivity index (χ4n) is 0.927. The van der Waals surface area contributed by atoms with Gasteiger partial charge in [0.1, 0.15) is 6.20 Å². The maximum absolute atomic E-state index is 10.5. The van der Waals surface area contributed by atoms with E-state index in [4.69, 9.17) is 5.26 Å². The van der Waals surface area contributed by atoms with Gasteiger partial charge in [-0.05, 0) is 6.92 Å². The molecule has 0 aromatic carbocycles. The van der Waals surface area contributed by atoms with Crippen LogP contribution in [0.4, 0.5) is 5.69 Å². The lowest BCUT2D eigenvalue weighted by Gasteiger charge is -1.96. The Morgan fingerprint density at radius 3 is 3.00 bits per heavy atom. The van der Waals surface area contributed by atoms with E-state index < -0.39 is 4.92 Å². The Balaban J connectivity index is 3.08. The monoisotopic (exact) mass is 201 g/mol. The predicted molar refractivity (Wildman–Crippen MR) is 52.7 cm³/mol. The van der Waals surface area contributed by atoms with Crippen molar-refractivity contribution in [1.29, 1.82) is 5.26 Å². The molecular formula is C10H7N3O2. The minimum absolute atomic E-state index is 0.0955. The summed E-state index contributed by atoms with van der Waals surface area (Å²) in [7, 11) is 0. The molecule has 0 atom stereocenters. The van der Waals surface area contributed by atoms with Gasteiger partial charge >= 0.3 is 0 Å². The van der Waals surface area contributed by atoms with Crippen LogP contribution >= 0.6 is 0 Å². The highest BCUT2D eigenvalue weighted by molar-refractivity contribution is 5.44. The first-order valence-electron chi connectivity index (χ1n) is 4.12. The van der Waals surface area contributed by atoms with Crippen LogP contribution in [0.3, 0.4) is 0 Å². The van der Waals surface area contributed by atoms with E-state index in [9.17, 15) is 10.1 Å². The Bertz CT molecular complexity index is 492. The number of rotatable bonds is 1. The molecule has 0 saturated heterocycles. The third-order valence-corrected chi connectivity index (χ3v) is 1.67. The Morgan fingerprint density at radius 1 is 1.67 bits per heavy atom. The highest BCUT2D eigenvalue weighted by Gasteiger charge is 2.07. The minimum Gasteiger partial charge on any atom is -0.258 e. The van der Waals surface area contributed by atoms with E-state index in [2.05, 4.69) is 16.8 Å². The molecule has 0 aliphatic carbocycles. The first-order chi connectivity index (χ1) is 7.15. The quantitative estimate of drug-likeness (QED) is 0.392. The second-order valence-electron chi connectivity index (χ2n) is 2.72. The van der Waals surface area contributed by atoms with Gasteiger partial charge in [-0.1, -0.05) is 11.8 Å². The van der Waals surface area contributed by atoms with Crippen molar-refractivity contribution in [3.05, 3.63) is 33.6 Å². The molecular weight excluding hydrogens is 194 g/mol. The summed E-state index contributed by atoms with van der Waals surface area (Å²) in [5.41, 5.74) is 1.01. The Kier molecular flexibility index (Phi) is 3.37. The zero-order valence-corrected chi connectivity index (χ0v) is 8.02. The zero-order chi connectivity index (χ0) is 11.3. The van der Waals surface area contributed by atoms with Gasteiger partial charge in [-0.2, -0.15) is 5.26 Å². The van der Waals surface area contributed by atoms with Crippen LogP contribution in [0.5, 0.6) is 0 Å². The molecule has 0 spiro atoms. The van der Waals surface area contributed by atoms with Gasteiger partial charge in [0.15, 0.2) is 0 Å². The second kappa shape index (κ2) is 4.73. The average molecular weight is 201 g/mol. The number of hydrogen-bond donors (Lipinski definition) is 0. The van der Waals surface area contributed by atoms with Crippen LogP contribution in [0, 0.1) is 40.2 Å². The first kappa shape index (κ1) is 10.7. The van der Waals surface area contributed by atoms with Gasteiger partial charge in [0.2, 0.25) is 0 Å². The summed E-state index contributed by atoms with van der Waals surface area (Å²) < 4.78 is 0. The fourth-order valence-corrected chi connectivity index (χ4v) is 0.927. The molecule has 0 unspecified atom stereocenters. The number of nitrogens with zero attached hydrogens (tertiary/aromatic N) is 3. The van der Waals surface area contributed by atoms with E-state index in [1.807, 2.05) is 6.07 Å². The average Bonchev–Trinajstić information content (AvgIpc) is 2.20. The largest absolute Gasteiger partial charge is 0.288 e. The standard InChI is InChI=1S/C10H7N3O2/c1-8-9(4-2-3-5-11)6-10(7-12-8)13(14)15/h6-7H,3H2,1H3. The number of pyridine rings is 1. The van der Waals surface area contributed by atoms with Crippen LogP contribution < -0.4 is 0 Å². The molecule has 0 bridgehead atoms. The molecule has 0 aliphatic rings. The lowest BCUT2D eigenvalue weighted by molar-refractivity contribution is -0.385. The van der Waals surface area contributed by atoms with Gasteiger partial charge < -0.3 is 0 Å². The molecule has 74 valence electrons. The van der Waals surface area contributed by atoms with Crippen LogP contribution in [0.25, 0.3) is 0 Å². The molecule has 0 saturated carbocycles. The van der Waals surface area contributed by atoms with Crippen LogP contribution in [0.2, 0.25) is 0 Å². The summed E-state index contributed by atoms with van der Waals surface area (Å²) in [5.74, 6) is 5.25. The predicted octanol–water partition coefficient (Wildman–Crippen LogP) is 1.56. The van der Waals surface area contributed by atoms with E-state index in [1.54, 1.807) is 6.92 Å². The van der Waals surface area contributed by atoms with Crippen molar-refractivity contribution in [3.8, 4) is 17.9 Å². The molecule has 1 aromatic rings. The summed E-state index contributed by atoms with van der Waals surface area (Å²) in [6, 6.07) is 3.22. The van der Waals surface area contributed by atoms with Crippen LogP contribution in [-0.2, 0) is 0 Å². The number of nitro groups is 1. The Labute approximate surface area is 86.5 Å². The van der Waals surface area contributed by atoms with Crippen molar-refractivity contribution < 1.29 is 4.92 Å². The molecule has 5 nitrogen and oxygen atoms in total. The highest BCUT2D eigenvalue weighted by atomic mass is 16.6. The van der Waals surface area contributed by atoms with Crippen LogP contribution in [0.15, 0.2) is 12.3 Å². The summed E-state index contributed by atoms with van der Waals surface area (Å²) in [6.45, 7) is 1.71. The third kappa shape index (κ3) is 2.78. The maximum Gasteiger partial charge on any atom is 0.288 e. The summed E-state index contributed by atoms with van der Waals surface area (Å²) in [5, 5.41) is 18.7. The van der Waals surface area contributed by atoms with Crippen LogP contribution in [-0.4, -0.2) is 9.91 Å². The molecule has 0 aliphatic heterocycles. The minimum atomic E-state index is -0.526. The van der Waals surface area contributed by atoms with E-state index >= 15 is 0 Å². The topological polar surface area (TPSA) is 79.8 Å². The van der Waals surface area contributed by atoms with Crippen LogP contribution in [0.1, 0.15) is 17.7 Å². The molecule has 5 heteroatoms. The van der Waals surface area contributed by atoms with Gasteiger partial charge in [0, 0.05) is 6.07 Å². The molecule has 1 heterocycles. The maximum atomic E-state index is 10.5. The molecule has 1 rings (SSSR count). The van der Waals surface area contributed by atoms with Crippen molar-refractivity contribution >= 4 is 5.69 Å². The van der Waals surface area contributed by atoms with Crippen molar-refractivity contribution in [2.75, 3.05) is 0 Å². The van der Waals surface area contributed by atoms with Gasteiger partial charge in [-0.15, -0.1) is 0 Å². The van der Waals surface area contributed by atoms with Crippen molar-refractivity contribution in [2.24, 2.45) is 0 Å². The number of nitriles is 1. The summed E-state index contributed by atoms with van der Waals surface area (Å²) in [6.07, 6.45) is 1.28. The van der Waals surface area contributed by atoms with Gasteiger partial charge in [-0.3, -0.25) is 15.1 Å². The van der Waals surface area contributed by atoms with Crippen molar-refractivity contribution in [2.45, 2.75) is 13.3 Å². The molecule has 1 aromatic heterocycles. The lowest BCUT2D eigenvalue weighted by Crippen LogP contribution is -1.93. The van der Waals surface area contributed by atoms with Gasteiger partial charge in [-0.25, -0.2) is 0 Å². The van der Waals surface area contributed by atoms with Crippen molar-refractivity contribution in [3.63, 3.8) is 0 Å². The van der Waals surface area contributed by atoms with E-state index in [0.29, 0.717) is 11.3 Å². The van der Waals surface area contributed by atoms with E-state index in [1.165, 1.54) is 12.3 Å². The second-order valence-corrected chi connectivity index (χ2v) is 2.72. The molecule has 0 fully saturated rings. The SMILES string of the molecule is Cc1ncc([N+](=O)[O-])cc1C#CCC#N. The molecule has 15 heavy (non-hydrogen) atoms. The number of aryl methyl sites for hydroxylation is 1. The fraction of sp³-hybridized carbons (Fsp3) is 0.200. The van der Waals surface area contributed by atoms with Gasteiger partial charge in [0.05, 0.1) is 28.7 Å². The zero-order valence-electron chi connectivity index (χ0n) is 8.02.